The van der Waals surface area contributed by atoms with Crippen LogP contribution in [-0.4, -0.2) is 27.8 Å². The van der Waals surface area contributed by atoms with Gasteiger partial charge in [0.1, 0.15) is 9.48 Å². The smallest absolute Gasteiger partial charge is 0.267 e. The molecule has 0 fully saturated rings. The quantitative estimate of drug-likeness (QED) is 0.805. The Balaban J connectivity index is 1.90. The van der Waals surface area contributed by atoms with Gasteiger partial charge in [0, 0.05) is 7.05 Å². The minimum Gasteiger partial charge on any atom is -0.333 e. The number of nitrogens with zero attached hydrogens (tertiary/aromatic N) is 3. The molecule has 2 aromatic rings. The predicted octanol–water partition coefficient (Wildman–Crippen LogP) is 3.82. The molecule has 0 unspecified atom stereocenters. The number of hydrogen-bond acceptors (Lipinski definition) is 5. The fourth-order valence-corrected chi connectivity index (χ4v) is 5.06. The Morgan fingerprint density at radius 1 is 1.55 bits per heavy atom. The summed E-state index contributed by atoms with van der Waals surface area (Å²) in [5, 5.41) is 1.08. The molecule has 3 rings (SSSR count). The molecule has 0 N–H and O–H groups in total. The summed E-state index contributed by atoms with van der Waals surface area (Å²) in [6, 6.07) is 0.145. The SMILES string of the molecule is Cc1nc2c(s1)[C@@H](N(C)C(=O)c1scnc1Br)CCC2. The van der Waals surface area contributed by atoms with Crippen molar-refractivity contribution in [3.05, 3.63) is 30.6 Å². The van der Waals surface area contributed by atoms with Gasteiger partial charge in [-0.05, 0) is 42.1 Å². The molecular formula is C13H14BrN3OS2. The average Bonchev–Trinajstić information content (AvgIpc) is 3.01. The molecule has 0 aliphatic heterocycles. The van der Waals surface area contributed by atoms with Crippen molar-refractivity contribution in [3.8, 4) is 0 Å². The molecule has 0 saturated carbocycles. The predicted molar refractivity (Wildman–Crippen MR) is 84.4 cm³/mol. The van der Waals surface area contributed by atoms with Crippen LogP contribution in [0, 0.1) is 6.92 Å². The van der Waals surface area contributed by atoms with Crippen molar-refractivity contribution in [2.75, 3.05) is 7.05 Å². The van der Waals surface area contributed by atoms with Gasteiger partial charge in [0.2, 0.25) is 0 Å². The molecule has 106 valence electrons. The third kappa shape index (κ3) is 2.42. The van der Waals surface area contributed by atoms with Crippen molar-refractivity contribution < 1.29 is 4.79 Å². The van der Waals surface area contributed by atoms with E-state index in [-0.39, 0.29) is 11.9 Å². The molecule has 1 atom stereocenters. The Hall–Kier alpha value is -0.790. The molecule has 2 heterocycles. The standard InChI is InChI=1S/C13H14BrN3OS2/c1-7-16-8-4-3-5-9(10(8)20-7)17(2)13(18)11-12(14)15-6-19-11/h6,9H,3-5H2,1-2H3/t9-/m0/s1. The highest BCUT2D eigenvalue weighted by Gasteiger charge is 2.31. The lowest BCUT2D eigenvalue weighted by molar-refractivity contribution is 0.0721. The fourth-order valence-electron chi connectivity index (χ4n) is 2.56. The van der Waals surface area contributed by atoms with E-state index >= 15 is 0 Å². The Labute approximate surface area is 134 Å². The van der Waals surface area contributed by atoms with E-state index in [2.05, 4.69) is 25.9 Å². The Morgan fingerprint density at radius 2 is 2.35 bits per heavy atom. The number of carbonyl (C=O) groups excluding carboxylic acids is 1. The summed E-state index contributed by atoms with van der Waals surface area (Å²) in [5.74, 6) is 0.0308. The van der Waals surface area contributed by atoms with Crippen LogP contribution in [0.1, 0.15) is 44.1 Å². The zero-order valence-corrected chi connectivity index (χ0v) is 14.4. The number of thiazole rings is 2. The molecule has 1 aliphatic rings. The fraction of sp³-hybridized carbons (Fsp3) is 0.462. The summed E-state index contributed by atoms with van der Waals surface area (Å²) in [5.41, 5.74) is 2.86. The van der Waals surface area contributed by atoms with Gasteiger partial charge in [-0.3, -0.25) is 4.79 Å². The van der Waals surface area contributed by atoms with Crippen LogP contribution >= 0.6 is 38.6 Å². The van der Waals surface area contributed by atoms with Gasteiger partial charge in [0.05, 0.1) is 27.1 Å². The van der Waals surface area contributed by atoms with E-state index < -0.39 is 0 Å². The van der Waals surface area contributed by atoms with Gasteiger partial charge in [0.25, 0.3) is 5.91 Å². The molecular weight excluding hydrogens is 358 g/mol. The van der Waals surface area contributed by atoms with E-state index in [1.165, 1.54) is 21.9 Å². The molecule has 0 aromatic carbocycles. The first-order chi connectivity index (χ1) is 9.58. The van der Waals surface area contributed by atoms with Crippen LogP contribution in [0.25, 0.3) is 0 Å². The number of amides is 1. The summed E-state index contributed by atoms with van der Waals surface area (Å²) in [6.45, 7) is 2.03. The molecule has 20 heavy (non-hydrogen) atoms. The minimum absolute atomic E-state index is 0.0308. The summed E-state index contributed by atoms with van der Waals surface area (Å²) < 4.78 is 0.635. The number of carbonyl (C=O) groups is 1. The van der Waals surface area contributed by atoms with Crippen molar-refractivity contribution in [3.63, 3.8) is 0 Å². The highest BCUT2D eigenvalue weighted by molar-refractivity contribution is 9.10. The molecule has 0 radical (unpaired) electrons. The zero-order chi connectivity index (χ0) is 14.3. The van der Waals surface area contributed by atoms with Crippen molar-refractivity contribution in [2.45, 2.75) is 32.2 Å². The van der Waals surface area contributed by atoms with Gasteiger partial charge >= 0.3 is 0 Å². The van der Waals surface area contributed by atoms with Gasteiger partial charge in [0.15, 0.2) is 0 Å². The van der Waals surface area contributed by atoms with Gasteiger partial charge in [-0.1, -0.05) is 0 Å². The van der Waals surface area contributed by atoms with Crippen molar-refractivity contribution in [1.82, 2.24) is 14.9 Å². The average molecular weight is 372 g/mol. The van der Waals surface area contributed by atoms with E-state index in [1.807, 2.05) is 18.9 Å². The van der Waals surface area contributed by atoms with Crippen LogP contribution in [0.5, 0.6) is 0 Å². The lowest BCUT2D eigenvalue weighted by Gasteiger charge is -2.30. The maximum absolute atomic E-state index is 12.6. The third-order valence-electron chi connectivity index (χ3n) is 3.53. The normalized spacial score (nSPS) is 17.9. The first-order valence-corrected chi connectivity index (χ1v) is 8.89. The summed E-state index contributed by atoms with van der Waals surface area (Å²) in [6.07, 6.45) is 3.12. The number of aryl methyl sites for hydroxylation is 2. The van der Waals surface area contributed by atoms with Gasteiger partial charge in [-0.25, -0.2) is 9.97 Å². The van der Waals surface area contributed by atoms with Crippen molar-refractivity contribution >= 4 is 44.5 Å². The second-order valence-corrected chi connectivity index (χ2v) is 7.68. The molecule has 1 amide bonds. The van der Waals surface area contributed by atoms with Crippen LogP contribution in [0.15, 0.2) is 10.1 Å². The van der Waals surface area contributed by atoms with E-state index in [0.29, 0.717) is 9.48 Å². The first-order valence-electron chi connectivity index (χ1n) is 6.40. The lowest BCUT2D eigenvalue weighted by atomic mass is 9.97. The second-order valence-electron chi connectivity index (χ2n) is 4.84. The van der Waals surface area contributed by atoms with E-state index in [9.17, 15) is 4.79 Å². The highest BCUT2D eigenvalue weighted by Crippen LogP contribution is 2.38. The van der Waals surface area contributed by atoms with Crippen LogP contribution in [0.4, 0.5) is 0 Å². The van der Waals surface area contributed by atoms with E-state index in [1.54, 1.807) is 16.8 Å². The number of rotatable bonds is 2. The number of aromatic nitrogens is 2. The molecule has 1 aliphatic carbocycles. The maximum Gasteiger partial charge on any atom is 0.267 e. The van der Waals surface area contributed by atoms with Gasteiger partial charge < -0.3 is 4.90 Å². The number of hydrogen-bond donors (Lipinski definition) is 0. The van der Waals surface area contributed by atoms with E-state index in [4.69, 9.17) is 0 Å². The summed E-state index contributed by atoms with van der Waals surface area (Å²) in [4.78, 5) is 25.0. The monoisotopic (exact) mass is 371 g/mol. The summed E-state index contributed by atoms with van der Waals surface area (Å²) in [7, 11) is 1.88. The number of fused-ring (bicyclic) bond motifs is 1. The maximum atomic E-state index is 12.6. The van der Waals surface area contributed by atoms with Crippen LogP contribution in [0.2, 0.25) is 0 Å². The minimum atomic E-state index is 0.0308. The van der Waals surface area contributed by atoms with Gasteiger partial charge in [-0.2, -0.15) is 0 Å². The van der Waals surface area contributed by atoms with Crippen LogP contribution in [0.3, 0.4) is 0 Å². The van der Waals surface area contributed by atoms with Crippen LogP contribution < -0.4 is 0 Å². The van der Waals surface area contributed by atoms with E-state index in [0.717, 1.165) is 24.3 Å². The van der Waals surface area contributed by atoms with Crippen molar-refractivity contribution in [2.24, 2.45) is 0 Å². The van der Waals surface area contributed by atoms with Gasteiger partial charge in [-0.15, -0.1) is 22.7 Å². The molecule has 0 spiro atoms. The topological polar surface area (TPSA) is 46.1 Å². The second kappa shape index (κ2) is 5.54. The first kappa shape index (κ1) is 14.2. The highest BCUT2D eigenvalue weighted by atomic mass is 79.9. The Bertz CT molecular complexity index is 652. The molecule has 0 bridgehead atoms. The Kier molecular flexibility index (Phi) is 3.92. The molecule has 0 saturated heterocycles. The number of halogens is 1. The molecule has 7 heteroatoms. The Morgan fingerprint density at radius 3 is 3.05 bits per heavy atom. The lowest BCUT2D eigenvalue weighted by Crippen LogP contribution is -2.32. The zero-order valence-electron chi connectivity index (χ0n) is 11.2. The molecule has 4 nitrogen and oxygen atoms in total. The van der Waals surface area contributed by atoms with Crippen molar-refractivity contribution in [1.29, 1.82) is 0 Å². The third-order valence-corrected chi connectivity index (χ3v) is 6.33. The largest absolute Gasteiger partial charge is 0.333 e. The van der Waals surface area contributed by atoms with Crippen LogP contribution in [-0.2, 0) is 6.42 Å². The molecule has 2 aromatic heterocycles. The summed E-state index contributed by atoms with van der Waals surface area (Å²) >= 11 is 6.43.